The Balaban J connectivity index is 1.83. The summed E-state index contributed by atoms with van der Waals surface area (Å²) in [5.41, 5.74) is 6.55. The van der Waals surface area contributed by atoms with Crippen molar-refractivity contribution in [1.29, 1.82) is 0 Å². The lowest BCUT2D eigenvalue weighted by Crippen LogP contribution is -2.33. The number of nitrogens with one attached hydrogen (secondary N) is 1. The smallest absolute Gasteiger partial charge is 0.146 e. The average molecular weight is 193 g/mol. The van der Waals surface area contributed by atoms with Gasteiger partial charge in [0.15, 0.2) is 0 Å². The fourth-order valence-corrected chi connectivity index (χ4v) is 1.69. The molecule has 14 heavy (non-hydrogen) atoms. The number of rotatable bonds is 3. The first-order valence-electron chi connectivity index (χ1n) is 4.88. The number of anilines is 2. The van der Waals surface area contributed by atoms with E-state index in [0.29, 0.717) is 11.7 Å². The number of aromatic nitrogens is 1. The maximum atomic E-state index is 9.11. The molecule has 0 bridgehead atoms. The Morgan fingerprint density at radius 1 is 1.57 bits per heavy atom. The van der Waals surface area contributed by atoms with Crippen LogP contribution in [0.25, 0.3) is 0 Å². The fraction of sp³-hybridized carbons (Fsp3) is 0.500. The summed E-state index contributed by atoms with van der Waals surface area (Å²) < 4.78 is 0. The molecule has 1 aromatic heterocycles. The normalized spacial score (nSPS) is 25.5. The number of hydrogen-bond donors (Lipinski definition) is 3. The van der Waals surface area contributed by atoms with Gasteiger partial charge in [-0.25, -0.2) is 4.98 Å². The lowest BCUT2D eigenvalue weighted by Gasteiger charge is -2.31. The summed E-state index contributed by atoms with van der Waals surface area (Å²) in [4.78, 5) is 3.98. The van der Waals surface area contributed by atoms with Crippen LogP contribution in [0.15, 0.2) is 18.3 Å². The Hall–Kier alpha value is -1.29. The first-order valence-corrected chi connectivity index (χ1v) is 4.88. The molecule has 1 aromatic rings. The number of aliphatic hydroxyl groups is 1. The molecule has 1 fully saturated rings. The summed E-state index contributed by atoms with van der Waals surface area (Å²) >= 11 is 0. The van der Waals surface area contributed by atoms with Crippen LogP contribution in [0, 0.1) is 5.92 Å². The predicted molar refractivity (Wildman–Crippen MR) is 55.9 cm³/mol. The summed E-state index contributed by atoms with van der Waals surface area (Å²) in [5.74, 6) is 1.11. The summed E-state index contributed by atoms with van der Waals surface area (Å²) in [6, 6.07) is 3.77. The molecule has 4 N–H and O–H groups in total. The number of hydrogen-bond acceptors (Lipinski definition) is 4. The molecular formula is C10H15N3O. The molecule has 0 aromatic carbocycles. The Labute approximate surface area is 83.2 Å². The molecule has 76 valence electrons. The van der Waals surface area contributed by atoms with E-state index in [9.17, 15) is 0 Å². The van der Waals surface area contributed by atoms with Gasteiger partial charge in [0.1, 0.15) is 5.82 Å². The van der Waals surface area contributed by atoms with Crippen LogP contribution >= 0.6 is 0 Å². The maximum Gasteiger partial charge on any atom is 0.146 e. The second kappa shape index (κ2) is 3.84. The van der Waals surface area contributed by atoms with Crippen LogP contribution in [-0.2, 0) is 0 Å². The molecule has 4 nitrogen and oxygen atoms in total. The zero-order valence-corrected chi connectivity index (χ0v) is 7.98. The molecular weight excluding hydrogens is 178 g/mol. The third-order valence-electron chi connectivity index (χ3n) is 2.63. The molecule has 1 saturated carbocycles. The topological polar surface area (TPSA) is 71.2 Å². The van der Waals surface area contributed by atoms with Crippen molar-refractivity contribution in [3.63, 3.8) is 0 Å². The van der Waals surface area contributed by atoms with Crippen LogP contribution in [0.5, 0.6) is 0 Å². The van der Waals surface area contributed by atoms with E-state index in [4.69, 9.17) is 10.8 Å². The number of pyridine rings is 1. The Morgan fingerprint density at radius 3 is 3.00 bits per heavy atom. The minimum atomic E-state index is -0.0898. The average Bonchev–Trinajstić information content (AvgIpc) is 2.13. The van der Waals surface area contributed by atoms with Crippen molar-refractivity contribution >= 4 is 11.5 Å². The van der Waals surface area contributed by atoms with E-state index in [0.717, 1.165) is 25.1 Å². The van der Waals surface area contributed by atoms with Gasteiger partial charge in [-0.05, 0) is 30.9 Å². The highest BCUT2D eigenvalue weighted by atomic mass is 16.3. The SMILES string of the molecule is Nc1ncccc1NCC1CC(O)C1. The van der Waals surface area contributed by atoms with Crippen molar-refractivity contribution in [3.05, 3.63) is 18.3 Å². The number of nitrogen functional groups attached to an aromatic ring is 1. The van der Waals surface area contributed by atoms with Gasteiger partial charge >= 0.3 is 0 Å². The van der Waals surface area contributed by atoms with Crippen molar-refractivity contribution in [2.24, 2.45) is 5.92 Å². The highest BCUT2D eigenvalue weighted by Crippen LogP contribution is 2.27. The van der Waals surface area contributed by atoms with Crippen LogP contribution < -0.4 is 11.1 Å². The lowest BCUT2D eigenvalue weighted by molar-refractivity contribution is 0.0487. The highest BCUT2D eigenvalue weighted by Gasteiger charge is 2.26. The van der Waals surface area contributed by atoms with Gasteiger partial charge in [-0.2, -0.15) is 0 Å². The van der Waals surface area contributed by atoms with Crippen molar-refractivity contribution in [2.75, 3.05) is 17.6 Å². The van der Waals surface area contributed by atoms with Gasteiger partial charge in [0, 0.05) is 12.7 Å². The molecule has 0 saturated heterocycles. The standard InChI is InChI=1S/C10H15N3O/c11-10-9(2-1-3-12-10)13-6-7-4-8(14)5-7/h1-3,7-8,13-14H,4-6H2,(H2,11,12). The van der Waals surface area contributed by atoms with Crippen molar-refractivity contribution < 1.29 is 5.11 Å². The van der Waals surface area contributed by atoms with E-state index in [1.165, 1.54) is 0 Å². The second-order valence-corrected chi connectivity index (χ2v) is 3.81. The van der Waals surface area contributed by atoms with E-state index in [-0.39, 0.29) is 6.10 Å². The minimum absolute atomic E-state index is 0.0898. The quantitative estimate of drug-likeness (QED) is 0.665. The number of aliphatic hydroxyl groups excluding tert-OH is 1. The Bertz CT molecular complexity index is 310. The zero-order chi connectivity index (χ0) is 9.97. The minimum Gasteiger partial charge on any atom is -0.393 e. The highest BCUT2D eigenvalue weighted by molar-refractivity contribution is 5.60. The monoisotopic (exact) mass is 193 g/mol. The summed E-state index contributed by atoms with van der Waals surface area (Å²) in [5, 5.41) is 12.3. The van der Waals surface area contributed by atoms with E-state index in [1.807, 2.05) is 12.1 Å². The second-order valence-electron chi connectivity index (χ2n) is 3.81. The van der Waals surface area contributed by atoms with Gasteiger partial charge in [0.05, 0.1) is 11.8 Å². The number of nitrogens with two attached hydrogens (primary N) is 1. The molecule has 0 aliphatic heterocycles. The molecule has 1 heterocycles. The van der Waals surface area contributed by atoms with Crippen molar-refractivity contribution in [1.82, 2.24) is 4.98 Å². The van der Waals surface area contributed by atoms with Gasteiger partial charge in [-0.15, -0.1) is 0 Å². The van der Waals surface area contributed by atoms with Crippen LogP contribution in [-0.4, -0.2) is 22.7 Å². The van der Waals surface area contributed by atoms with Crippen molar-refractivity contribution in [3.8, 4) is 0 Å². The summed E-state index contributed by atoms with van der Waals surface area (Å²) in [7, 11) is 0. The lowest BCUT2D eigenvalue weighted by atomic mass is 9.82. The molecule has 0 atom stereocenters. The van der Waals surface area contributed by atoms with Crippen LogP contribution in [0.1, 0.15) is 12.8 Å². The summed E-state index contributed by atoms with van der Waals surface area (Å²) in [6.45, 7) is 0.868. The van der Waals surface area contributed by atoms with E-state index in [2.05, 4.69) is 10.3 Å². The Kier molecular flexibility index (Phi) is 2.54. The van der Waals surface area contributed by atoms with E-state index < -0.39 is 0 Å². The van der Waals surface area contributed by atoms with Crippen LogP contribution in [0.4, 0.5) is 11.5 Å². The molecule has 1 aliphatic rings. The third-order valence-corrected chi connectivity index (χ3v) is 2.63. The zero-order valence-electron chi connectivity index (χ0n) is 7.98. The number of nitrogens with zero attached hydrogens (tertiary/aromatic N) is 1. The first-order chi connectivity index (χ1) is 6.75. The van der Waals surface area contributed by atoms with Crippen LogP contribution in [0.3, 0.4) is 0 Å². The molecule has 1 aliphatic carbocycles. The fourth-order valence-electron chi connectivity index (χ4n) is 1.69. The Morgan fingerprint density at radius 2 is 2.36 bits per heavy atom. The maximum absolute atomic E-state index is 9.11. The predicted octanol–water partition coefficient (Wildman–Crippen LogP) is 0.847. The van der Waals surface area contributed by atoms with Crippen LogP contribution in [0.2, 0.25) is 0 Å². The molecule has 0 spiro atoms. The van der Waals surface area contributed by atoms with Gasteiger partial charge in [0.2, 0.25) is 0 Å². The van der Waals surface area contributed by atoms with Gasteiger partial charge in [-0.1, -0.05) is 0 Å². The molecule has 2 rings (SSSR count). The third kappa shape index (κ3) is 1.96. The molecule has 0 amide bonds. The van der Waals surface area contributed by atoms with Crippen molar-refractivity contribution in [2.45, 2.75) is 18.9 Å². The largest absolute Gasteiger partial charge is 0.393 e. The van der Waals surface area contributed by atoms with Gasteiger partial charge in [-0.3, -0.25) is 0 Å². The van der Waals surface area contributed by atoms with Gasteiger partial charge < -0.3 is 16.2 Å². The molecule has 4 heteroatoms. The molecule has 0 unspecified atom stereocenters. The first kappa shape index (κ1) is 9.27. The van der Waals surface area contributed by atoms with Gasteiger partial charge in [0.25, 0.3) is 0 Å². The van der Waals surface area contributed by atoms with E-state index in [1.54, 1.807) is 6.20 Å². The summed E-state index contributed by atoms with van der Waals surface area (Å²) in [6.07, 6.45) is 3.38. The van der Waals surface area contributed by atoms with E-state index >= 15 is 0 Å². The molecule has 0 radical (unpaired) electrons.